The standard InChI is InChI=1S/C31H58O7Si/c1-15-24(32-8)22(3)19-20-25(38-39(13,14)31(5,6)7)21(2)17-16-18-23(4)26-27(33-9)28(34-10)29(35-11)30(36-12)37-26/h16-22,24-30H,15H2,1-14H3/b17-16+,20-19+,23-18+/t21-,22-,24-,25-,26+,27+,28-,29+,30-/m0/s1. The van der Waals surface area contributed by atoms with Crippen LogP contribution >= 0.6 is 0 Å². The van der Waals surface area contributed by atoms with Crippen molar-refractivity contribution in [1.29, 1.82) is 0 Å². The third-order valence-electron chi connectivity index (χ3n) is 8.42. The number of hydrogen-bond acceptors (Lipinski definition) is 7. The normalized spacial score (nSPS) is 28.7. The van der Waals surface area contributed by atoms with E-state index in [4.69, 9.17) is 32.8 Å². The maximum Gasteiger partial charge on any atom is 0.192 e. The van der Waals surface area contributed by atoms with Crippen LogP contribution in [0.4, 0.5) is 0 Å². The molecule has 0 aromatic carbocycles. The fourth-order valence-electron chi connectivity index (χ4n) is 4.73. The molecule has 1 fully saturated rings. The molecule has 0 radical (unpaired) electrons. The summed E-state index contributed by atoms with van der Waals surface area (Å²) in [5.74, 6) is 0.465. The Morgan fingerprint density at radius 1 is 0.846 bits per heavy atom. The lowest BCUT2D eigenvalue weighted by Gasteiger charge is -2.44. The van der Waals surface area contributed by atoms with Crippen molar-refractivity contribution in [2.24, 2.45) is 11.8 Å². The van der Waals surface area contributed by atoms with Crippen molar-refractivity contribution in [3.05, 3.63) is 36.0 Å². The van der Waals surface area contributed by atoms with Gasteiger partial charge in [-0.15, -0.1) is 0 Å². The summed E-state index contributed by atoms with van der Waals surface area (Å²) in [7, 11) is 6.36. The van der Waals surface area contributed by atoms with Crippen LogP contribution < -0.4 is 0 Å². The molecule has 0 bridgehead atoms. The zero-order valence-electron chi connectivity index (χ0n) is 27.1. The van der Waals surface area contributed by atoms with E-state index in [0.717, 1.165) is 12.0 Å². The monoisotopic (exact) mass is 570 g/mol. The first-order chi connectivity index (χ1) is 18.2. The van der Waals surface area contributed by atoms with Crippen molar-refractivity contribution in [2.45, 2.75) is 116 Å². The molecular formula is C31H58O7Si. The SMILES string of the molecule is CC[C@H](OC)[C@@H](C)/C=C/[C@H](O[Si](C)(C)C(C)(C)C)[C@@H](C)/C=C/C=C(\C)[C@H]1O[C@H](OC)[C@H](OC)[C@@H](OC)[C@@H]1OC. The van der Waals surface area contributed by atoms with Gasteiger partial charge < -0.3 is 32.8 Å². The fraction of sp³-hybridized carbons (Fsp3) is 0.806. The van der Waals surface area contributed by atoms with Crippen LogP contribution in [0.1, 0.15) is 54.9 Å². The highest BCUT2D eigenvalue weighted by Crippen LogP contribution is 2.38. The third kappa shape index (κ3) is 9.89. The number of hydrogen-bond donors (Lipinski definition) is 0. The van der Waals surface area contributed by atoms with Gasteiger partial charge in [-0.25, -0.2) is 0 Å². The third-order valence-corrected chi connectivity index (χ3v) is 12.9. The van der Waals surface area contributed by atoms with Gasteiger partial charge in [-0.3, -0.25) is 0 Å². The van der Waals surface area contributed by atoms with Crippen LogP contribution in [0, 0.1) is 11.8 Å². The van der Waals surface area contributed by atoms with Gasteiger partial charge in [0.25, 0.3) is 0 Å². The fourth-order valence-corrected chi connectivity index (χ4v) is 6.06. The van der Waals surface area contributed by atoms with Crippen LogP contribution in [0.2, 0.25) is 18.1 Å². The van der Waals surface area contributed by atoms with E-state index in [9.17, 15) is 0 Å². The maximum atomic E-state index is 6.90. The number of rotatable bonds is 15. The van der Waals surface area contributed by atoms with E-state index in [1.807, 2.05) is 6.92 Å². The van der Waals surface area contributed by atoms with Gasteiger partial charge in [0, 0.05) is 47.4 Å². The minimum Gasteiger partial charge on any atom is -0.410 e. The second-order valence-electron chi connectivity index (χ2n) is 12.2. The Balaban J connectivity index is 3.21. The van der Waals surface area contributed by atoms with Gasteiger partial charge >= 0.3 is 0 Å². The second-order valence-corrected chi connectivity index (χ2v) is 16.9. The summed E-state index contributed by atoms with van der Waals surface area (Å²) in [5.41, 5.74) is 1.01. The summed E-state index contributed by atoms with van der Waals surface area (Å²) in [6.07, 6.45) is 10.0. The smallest absolute Gasteiger partial charge is 0.192 e. The summed E-state index contributed by atoms with van der Waals surface area (Å²) in [6.45, 7) is 20.0. The van der Waals surface area contributed by atoms with Crippen LogP contribution in [-0.2, 0) is 32.8 Å². The summed E-state index contributed by atoms with van der Waals surface area (Å²) in [4.78, 5) is 0. The van der Waals surface area contributed by atoms with Gasteiger partial charge in [0.05, 0.1) is 12.2 Å². The molecule has 7 nitrogen and oxygen atoms in total. The van der Waals surface area contributed by atoms with E-state index in [2.05, 4.69) is 85.0 Å². The van der Waals surface area contributed by atoms with Crippen LogP contribution in [0.25, 0.3) is 0 Å². The molecule has 0 spiro atoms. The van der Waals surface area contributed by atoms with Crippen LogP contribution in [0.5, 0.6) is 0 Å². The van der Waals surface area contributed by atoms with Crippen molar-refractivity contribution in [1.82, 2.24) is 0 Å². The molecule has 1 aliphatic rings. The quantitative estimate of drug-likeness (QED) is 0.126. The first-order valence-corrected chi connectivity index (χ1v) is 17.1. The van der Waals surface area contributed by atoms with Crippen molar-refractivity contribution >= 4 is 8.32 Å². The molecule has 1 aliphatic heterocycles. The van der Waals surface area contributed by atoms with Crippen molar-refractivity contribution in [2.75, 3.05) is 35.5 Å². The average Bonchev–Trinajstić information content (AvgIpc) is 2.89. The number of allylic oxidation sites excluding steroid dienone is 2. The van der Waals surface area contributed by atoms with Gasteiger partial charge in [0.2, 0.25) is 0 Å². The Bertz CT molecular complexity index is 784. The summed E-state index contributed by atoms with van der Waals surface area (Å²) in [5, 5.41) is 0.118. The Labute approximate surface area is 240 Å². The molecule has 9 atom stereocenters. The highest BCUT2D eigenvalue weighted by molar-refractivity contribution is 6.74. The Hall–Kier alpha value is -0.843. The predicted octanol–water partition coefficient (Wildman–Crippen LogP) is 6.55. The molecule has 0 aliphatic carbocycles. The summed E-state index contributed by atoms with van der Waals surface area (Å²) < 4.78 is 41.6. The van der Waals surface area contributed by atoms with Gasteiger partial charge in [-0.05, 0) is 37.0 Å². The summed E-state index contributed by atoms with van der Waals surface area (Å²) in [6, 6.07) is 0. The molecule has 228 valence electrons. The van der Waals surface area contributed by atoms with E-state index >= 15 is 0 Å². The average molecular weight is 571 g/mol. The molecule has 1 saturated heterocycles. The van der Waals surface area contributed by atoms with Crippen LogP contribution in [0.3, 0.4) is 0 Å². The van der Waals surface area contributed by atoms with E-state index in [1.54, 1.807) is 35.5 Å². The lowest BCUT2D eigenvalue weighted by Crippen LogP contribution is -2.60. The van der Waals surface area contributed by atoms with E-state index in [1.165, 1.54) is 0 Å². The zero-order chi connectivity index (χ0) is 30.0. The topological polar surface area (TPSA) is 64.6 Å². The van der Waals surface area contributed by atoms with Gasteiger partial charge in [0.1, 0.15) is 24.4 Å². The molecular weight excluding hydrogens is 512 g/mol. The first-order valence-electron chi connectivity index (χ1n) is 14.2. The Morgan fingerprint density at radius 2 is 1.44 bits per heavy atom. The minimum atomic E-state index is -1.99. The molecule has 0 unspecified atom stereocenters. The molecule has 0 aromatic heterocycles. The van der Waals surface area contributed by atoms with Crippen LogP contribution in [0.15, 0.2) is 36.0 Å². The number of ether oxygens (including phenoxy) is 6. The molecule has 1 heterocycles. The minimum absolute atomic E-state index is 0.0384. The van der Waals surface area contributed by atoms with E-state index < -0.39 is 20.7 Å². The van der Waals surface area contributed by atoms with E-state index in [-0.39, 0.29) is 41.5 Å². The molecule has 8 heteroatoms. The lowest BCUT2D eigenvalue weighted by molar-refractivity contribution is -0.295. The second kappa shape index (κ2) is 16.6. The van der Waals surface area contributed by atoms with Crippen molar-refractivity contribution in [3.63, 3.8) is 0 Å². The largest absolute Gasteiger partial charge is 0.410 e. The Kier molecular flexibility index (Phi) is 15.4. The van der Waals surface area contributed by atoms with Gasteiger partial charge in [-0.1, -0.05) is 71.9 Å². The molecule has 0 N–H and O–H groups in total. The predicted molar refractivity (Wildman–Crippen MR) is 162 cm³/mol. The van der Waals surface area contributed by atoms with Gasteiger partial charge in [-0.2, -0.15) is 0 Å². The molecule has 0 amide bonds. The number of methoxy groups -OCH3 is 5. The van der Waals surface area contributed by atoms with Crippen molar-refractivity contribution in [3.8, 4) is 0 Å². The van der Waals surface area contributed by atoms with Gasteiger partial charge in [0.15, 0.2) is 14.6 Å². The Morgan fingerprint density at radius 3 is 1.90 bits per heavy atom. The summed E-state index contributed by atoms with van der Waals surface area (Å²) >= 11 is 0. The van der Waals surface area contributed by atoms with Crippen LogP contribution in [-0.4, -0.2) is 86.8 Å². The highest BCUT2D eigenvalue weighted by Gasteiger charge is 2.47. The molecule has 39 heavy (non-hydrogen) atoms. The highest BCUT2D eigenvalue weighted by atomic mass is 28.4. The van der Waals surface area contributed by atoms with Crippen molar-refractivity contribution < 1.29 is 32.8 Å². The zero-order valence-corrected chi connectivity index (χ0v) is 28.1. The molecule has 0 saturated carbocycles. The molecule has 0 aromatic rings. The first kappa shape index (κ1) is 36.2. The molecule has 1 rings (SSSR count). The maximum absolute atomic E-state index is 6.90. The van der Waals surface area contributed by atoms with E-state index in [0.29, 0.717) is 5.92 Å². The lowest BCUT2D eigenvalue weighted by atomic mass is 9.93.